The number of aryl methyl sites for hydroxylation is 2. The van der Waals surface area contributed by atoms with Crippen molar-refractivity contribution in [3.63, 3.8) is 0 Å². The molecule has 1 N–H and O–H groups in total. The fourth-order valence-electron chi connectivity index (χ4n) is 2.62. The van der Waals surface area contributed by atoms with Gasteiger partial charge in [0.25, 0.3) is 0 Å². The molecule has 1 fully saturated rings. The number of piperazine rings is 1. The summed E-state index contributed by atoms with van der Waals surface area (Å²) in [6, 6.07) is 7.40. The van der Waals surface area contributed by atoms with Crippen molar-refractivity contribution in [2.75, 3.05) is 45.2 Å². The Morgan fingerprint density at radius 2 is 2.11 bits per heavy atom. The van der Waals surface area contributed by atoms with E-state index in [-0.39, 0.29) is 0 Å². The second-order valence-electron chi connectivity index (χ2n) is 5.82. The van der Waals surface area contributed by atoms with Gasteiger partial charge in [0.2, 0.25) is 0 Å². The molecule has 1 aromatic carbocycles. The smallest absolute Gasteiger partial charge is 0.0366 e. The Balaban J connectivity index is 1.89. The van der Waals surface area contributed by atoms with Crippen molar-refractivity contribution in [1.82, 2.24) is 10.2 Å². The van der Waals surface area contributed by atoms with Crippen molar-refractivity contribution < 1.29 is 0 Å². The van der Waals surface area contributed by atoms with Crippen LogP contribution in [0.4, 0.5) is 5.69 Å². The molecule has 106 valence electrons. The quantitative estimate of drug-likeness (QED) is 0.895. The summed E-state index contributed by atoms with van der Waals surface area (Å²) in [5, 5.41) is 3.49. The Kier molecular flexibility index (Phi) is 4.83. The number of benzene rings is 1. The van der Waals surface area contributed by atoms with E-state index in [4.69, 9.17) is 0 Å². The highest BCUT2D eigenvalue weighted by Crippen LogP contribution is 2.18. The summed E-state index contributed by atoms with van der Waals surface area (Å²) in [5.41, 5.74) is 4.07. The maximum absolute atomic E-state index is 3.49. The summed E-state index contributed by atoms with van der Waals surface area (Å²) in [6.07, 6.45) is 1.22. The third-order valence-corrected chi connectivity index (χ3v) is 4.37. The predicted molar refractivity (Wildman–Crippen MR) is 83.1 cm³/mol. The molecular formula is C16H27N3. The van der Waals surface area contributed by atoms with E-state index in [0.29, 0.717) is 6.04 Å². The molecule has 0 aliphatic carbocycles. The van der Waals surface area contributed by atoms with Gasteiger partial charge < -0.3 is 15.1 Å². The SMILES string of the molecule is Cc1ccc(N(C)CCC2CNCCN2C)cc1C. The fraction of sp³-hybridized carbons (Fsp3) is 0.625. The van der Waals surface area contributed by atoms with Crippen molar-refractivity contribution in [2.45, 2.75) is 26.3 Å². The maximum Gasteiger partial charge on any atom is 0.0366 e. The van der Waals surface area contributed by atoms with Gasteiger partial charge in [-0.2, -0.15) is 0 Å². The topological polar surface area (TPSA) is 18.5 Å². The van der Waals surface area contributed by atoms with Gasteiger partial charge in [0.1, 0.15) is 0 Å². The van der Waals surface area contributed by atoms with Gasteiger partial charge in [0.05, 0.1) is 0 Å². The Bertz CT molecular complexity index is 416. The molecule has 1 atom stereocenters. The van der Waals surface area contributed by atoms with E-state index in [1.54, 1.807) is 0 Å². The number of rotatable bonds is 4. The minimum Gasteiger partial charge on any atom is -0.375 e. The lowest BCUT2D eigenvalue weighted by molar-refractivity contribution is 0.192. The van der Waals surface area contributed by atoms with Crippen LogP contribution in [-0.2, 0) is 0 Å². The molecule has 0 amide bonds. The monoisotopic (exact) mass is 261 g/mol. The molecule has 19 heavy (non-hydrogen) atoms. The van der Waals surface area contributed by atoms with E-state index in [9.17, 15) is 0 Å². The fourth-order valence-corrected chi connectivity index (χ4v) is 2.62. The number of likely N-dealkylation sites (N-methyl/N-ethyl adjacent to an activating group) is 1. The average Bonchev–Trinajstić information content (AvgIpc) is 2.40. The first-order valence-corrected chi connectivity index (χ1v) is 7.27. The summed E-state index contributed by atoms with van der Waals surface area (Å²) in [7, 11) is 4.43. The molecule has 0 spiro atoms. The predicted octanol–water partition coefficient (Wildman–Crippen LogP) is 2.03. The van der Waals surface area contributed by atoms with Crippen LogP contribution in [0.3, 0.4) is 0 Å². The summed E-state index contributed by atoms with van der Waals surface area (Å²) in [4.78, 5) is 4.85. The number of hydrogen-bond acceptors (Lipinski definition) is 3. The summed E-state index contributed by atoms with van der Waals surface area (Å²) < 4.78 is 0. The Hall–Kier alpha value is -1.06. The van der Waals surface area contributed by atoms with E-state index in [0.717, 1.165) is 26.2 Å². The molecule has 1 aromatic rings. The van der Waals surface area contributed by atoms with Gasteiger partial charge in [0, 0.05) is 45.0 Å². The molecule has 3 nitrogen and oxygen atoms in total. The molecule has 1 aliphatic rings. The van der Waals surface area contributed by atoms with Gasteiger partial charge in [-0.3, -0.25) is 0 Å². The zero-order valence-electron chi connectivity index (χ0n) is 12.7. The molecule has 3 heteroatoms. The van der Waals surface area contributed by atoms with Crippen LogP contribution in [0.15, 0.2) is 18.2 Å². The van der Waals surface area contributed by atoms with Crippen molar-refractivity contribution >= 4 is 5.69 Å². The number of hydrogen-bond donors (Lipinski definition) is 1. The van der Waals surface area contributed by atoms with E-state index < -0.39 is 0 Å². The third-order valence-electron chi connectivity index (χ3n) is 4.37. The van der Waals surface area contributed by atoms with Gasteiger partial charge in [0.15, 0.2) is 0 Å². The minimum absolute atomic E-state index is 0.669. The molecule has 0 saturated carbocycles. The number of nitrogens with zero attached hydrogens (tertiary/aromatic N) is 2. The van der Waals surface area contributed by atoms with Gasteiger partial charge in [-0.25, -0.2) is 0 Å². The first-order valence-electron chi connectivity index (χ1n) is 7.27. The van der Waals surface area contributed by atoms with Gasteiger partial charge in [-0.05, 0) is 50.6 Å². The molecule has 0 aromatic heterocycles. The van der Waals surface area contributed by atoms with Gasteiger partial charge in [-0.1, -0.05) is 6.07 Å². The summed E-state index contributed by atoms with van der Waals surface area (Å²) in [5.74, 6) is 0. The van der Waals surface area contributed by atoms with Crippen molar-refractivity contribution in [1.29, 1.82) is 0 Å². The van der Waals surface area contributed by atoms with Crippen LogP contribution in [-0.4, -0.2) is 51.2 Å². The Morgan fingerprint density at radius 3 is 2.79 bits per heavy atom. The van der Waals surface area contributed by atoms with Crippen LogP contribution in [0, 0.1) is 13.8 Å². The first-order chi connectivity index (χ1) is 9.08. The lowest BCUT2D eigenvalue weighted by atomic mass is 10.1. The first kappa shape index (κ1) is 14.4. The largest absolute Gasteiger partial charge is 0.375 e. The van der Waals surface area contributed by atoms with E-state index in [2.05, 4.69) is 61.3 Å². The van der Waals surface area contributed by atoms with Crippen LogP contribution >= 0.6 is 0 Å². The van der Waals surface area contributed by atoms with Crippen LogP contribution in [0.1, 0.15) is 17.5 Å². The molecule has 0 bridgehead atoms. The molecule has 2 rings (SSSR count). The zero-order chi connectivity index (χ0) is 13.8. The second-order valence-corrected chi connectivity index (χ2v) is 5.82. The molecule has 1 unspecified atom stereocenters. The summed E-state index contributed by atoms with van der Waals surface area (Å²) >= 11 is 0. The van der Waals surface area contributed by atoms with Gasteiger partial charge in [-0.15, -0.1) is 0 Å². The number of nitrogens with one attached hydrogen (secondary N) is 1. The lowest BCUT2D eigenvalue weighted by Crippen LogP contribution is -2.50. The standard InChI is InChI=1S/C16H27N3/c1-13-5-6-15(11-14(13)2)18(3)9-7-16-12-17-8-10-19(16)4/h5-6,11,16-17H,7-10,12H2,1-4H3. The highest BCUT2D eigenvalue weighted by molar-refractivity contribution is 5.49. The normalized spacial score (nSPS) is 20.5. The Labute approximate surface area is 117 Å². The van der Waals surface area contributed by atoms with Crippen molar-refractivity contribution in [3.05, 3.63) is 29.3 Å². The van der Waals surface area contributed by atoms with Crippen LogP contribution in [0.25, 0.3) is 0 Å². The molecule has 1 heterocycles. The highest BCUT2D eigenvalue weighted by Gasteiger charge is 2.18. The molecule has 0 radical (unpaired) electrons. The second kappa shape index (κ2) is 6.40. The maximum atomic E-state index is 3.49. The van der Waals surface area contributed by atoms with Crippen molar-refractivity contribution in [2.24, 2.45) is 0 Å². The Morgan fingerprint density at radius 1 is 1.32 bits per heavy atom. The highest BCUT2D eigenvalue weighted by atomic mass is 15.2. The van der Waals surface area contributed by atoms with E-state index in [1.165, 1.54) is 23.2 Å². The summed E-state index contributed by atoms with van der Waals surface area (Å²) in [6.45, 7) is 8.88. The molecule has 1 saturated heterocycles. The lowest BCUT2D eigenvalue weighted by Gasteiger charge is -2.34. The number of anilines is 1. The zero-order valence-corrected chi connectivity index (χ0v) is 12.7. The molecule has 1 aliphatic heterocycles. The van der Waals surface area contributed by atoms with Crippen LogP contribution < -0.4 is 10.2 Å². The van der Waals surface area contributed by atoms with Crippen molar-refractivity contribution in [3.8, 4) is 0 Å². The molecular weight excluding hydrogens is 234 g/mol. The average molecular weight is 261 g/mol. The van der Waals surface area contributed by atoms with Gasteiger partial charge >= 0.3 is 0 Å². The van der Waals surface area contributed by atoms with Crippen LogP contribution in [0.2, 0.25) is 0 Å². The minimum atomic E-state index is 0.669. The third kappa shape index (κ3) is 3.71. The van der Waals surface area contributed by atoms with E-state index >= 15 is 0 Å². The van der Waals surface area contributed by atoms with Crippen LogP contribution in [0.5, 0.6) is 0 Å². The van der Waals surface area contributed by atoms with E-state index in [1.807, 2.05) is 0 Å².